The SMILES string of the molecule is Cc1nn(CCS(=O)(=O)c2cccc(CN)c2)c(C)c1C. The van der Waals surface area contributed by atoms with E-state index >= 15 is 0 Å². The Balaban J connectivity index is 2.19. The Morgan fingerprint density at radius 3 is 2.52 bits per heavy atom. The second-order valence-electron chi connectivity index (χ2n) is 5.19. The molecule has 0 radical (unpaired) electrons. The van der Waals surface area contributed by atoms with Gasteiger partial charge in [0.1, 0.15) is 0 Å². The topological polar surface area (TPSA) is 78.0 Å². The summed E-state index contributed by atoms with van der Waals surface area (Å²) in [5.74, 6) is 0.0302. The van der Waals surface area contributed by atoms with Gasteiger partial charge in [-0.25, -0.2) is 8.42 Å². The first kappa shape index (κ1) is 15.7. The van der Waals surface area contributed by atoms with Crippen LogP contribution in [0.1, 0.15) is 22.5 Å². The predicted octanol–water partition coefficient (Wildman–Crippen LogP) is 1.74. The van der Waals surface area contributed by atoms with Gasteiger partial charge >= 0.3 is 0 Å². The van der Waals surface area contributed by atoms with E-state index in [1.807, 2.05) is 26.8 Å². The van der Waals surface area contributed by atoms with Crippen molar-refractivity contribution in [2.24, 2.45) is 5.73 Å². The summed E-state index contributed by atoms with van der Waals surface area (Å²) in [7, 11) is -3.33. The highest BCUT2D eigenvalue weighted by atomic mass is 32.2. The third kappa shape index (κ3) is 3.33. The third-order valence-electron chi connectivity index (χ3n) is 3.81. The smallest absolute Gasteiger partial charge is 0.180 e. The van der Waals surface area contributed by atoms with Gasteiger partial charge in [-0.2, -0.15) is 5.10 Å². The van der Waals surface area contributed by atoms with Crippen LogP contribution in [0, 0.1) is 20.8 Å². The van der Waals surface area contributed by atoms with Gasteiger partial charge in [0.25, 0.3) is 0 Å². The van der Waals surface area contributed by atoms with E-state index in [1.54, 1.807) is 22.9 Å². The number of nitrogens with zero attached hydrogens (tertiary/aromatic N) is 2. The molecule has 0 unspecified atom stereocenters. The number of rotatable bonds is 5. The average molecular weight is 307 g/mol. The molecule has 0 bridgehead atoms. The lowest BCUT2D eigenvalue weighted by Crippen LogP contribution is -2.15. The summed E-state index contributed by atoms with van der Waals surface area (Å²) in [6.45, 7) is 6.57. The van der Waals surface area contributed by atoms with E-state index in [2.05, 4.69) is 5.10 Å². The molecule has 0 aliphatic carbocycles. The van der Waals surface area contributed by atoms with Gasteiger partial charge < -0.3 is 5.73 Å². The van der Waals surface area contributed by atoms with Gasteiger partial charge in [0.2, 0.25) is 0 Å². The fourth-order valence-corrected chi connectivity index (χ4v) is 3.46. The van der Waals surface area contributed by atoms with Crippen molar-refractivity contribution in [3.63, 3.8) is 0 Å². The first-order chi connectivity index (χ1) is 9.85. The zero-order valence-corrected chi connectivity index (χ0v) is 13.4. The monoisotopic (exact) mass is 307 g/mol. The zero-order chi connectivity index (χ0) is 15.6. The summed E-state index contributed by atoms with van der Waals surface area (Å²) in [4.78, 5) is 0.323. The zero-order valence-electron chi connectivity index (χ0n) is 12.6. The molecule has 0 aliphatic rings. The van der Waals surface area contributed by atoms with Crippen LogP contribution in [0.25, 0.3) is 0 Å². The standard InChI is InChI=1S/C15H21N3O2S/c1-11-12(2)17-18(13(11)3)7-8-21(19,20)15-6-4-5-14(9-15)10-16/h4-6,9H,7-8,10,16H2,1-3H3. The molecule has 21 heavy (non-hydrogen) atoms. The quantitative estimate of drug-likeness (QED) is 0.912. The molecular formula is C15H21N3O2S. The van der Waals surface area contributed by atoms with E-state index in [0.29, 0.717) is 18.0 Å². The molecule has 0 saturated heterocycles. The highest BCUT2D eigenvalue weighted by Crippen LogP contribution is 2.15. The van der Waals surface area contributed by atoms with E-state index in [0.717, 1.165) is 22.5 Å². The molecular weight excluding hydrogens is 286 g/mol. The summed E-state index contributed by atoms with van der Waals surface area (Å²) in [6, 6.07) is 6.80. The molecule has 2 N–H and O–H groups in total. The molecule has 1 aromatic carbocycles. The summed E-state index contributed by atoms with van der Waals surface area (Å²) < 4.78 is 26.5. The minimum atomic E-state index is -3.33. The number of aromatic nitrogens is 2. The largest absolute Gasteiger partial charge is 0.326 e. The van der Waals surface area contributed by atoms with Gasteiger partial charge in [-0.15, -0.1) is 0 Å². The van der Waals surface area contributed by atoms with Crippen molar-refractivity contribution in [1.29, 1.82) is 0 Å². The van der Waals surface area contributed by atoms with Crippen LogP contribution in [0.15, 0.2) is 29.2 Å². The number of hydrogen-bond acceptors (Lipinski definition) is 4. The molecule has 0 amide bonds. The van der Waals surface area contributed by atoms with E-state index in [-0.39, 0.29) is 5.75 Å². The van der Waals surface area contributed by atoms with Gasteiger partial charge in [0.05, 0.1) is 22.9 Å². The maximum atomic E-state index is 12.4. The van der Waals surface area contributed by atoms with E-state index in [1.165, 1.54) is 0 Å². The van der Waals surface area contributed by atoms with Crippen molar-refractivity contribution in [2.75, 3.05) is 5.75 Å². The number of sulfone groups is 1. The molecule has 0 spiro atoms. The molecule has 5 nitrogen and oxygen atoms in total. The normalized spacial score (nSPS) is 11.8. The molecule has 0 aliphatic heterocycles. The summed E-state index contributed by atoms with van der Waals surface area (Å²) in [5.41, 5.74) is 9.44. The fraction of sp³-hybridized carbons (Fsp3) is 0.400. The highest BCUT2D eigenvalue weighted by Gasteiger charge is 2.16. The minimum Gasteiger partial charge on any atom is -0.326 e. The van der Waals surface area contributed by atoms with Crippen LogP contribution in [-0.4, -0.2) is 24.0 Å². The fourth-order valence-electron chi connectivity index (χ4n) is 2.19. The highest BCUT2D eigenvalue weighted by molar-refractivity contribution is 7.91. The first-order valence-electron chi connectivity index (χ1n) is 6.87. The molecule has 2 aromatic rings. The van der Waals surface area contributed by atoms with E-state index < -0.39 is 9.84 Å². The second-order valence-corrected chi connectivity index (χ2v) is 7.30. The maximum absolute atomic E-state index is 12.4. The molecule has 1 aromatic heterocycles. The number of nitrogens with two attached hydrogens (primary N) is 1. The lowest BCUT2D eigenvalue weighted by atomic mass is 10.2. The van der Waals surface area contributed by atoms with Crippen LogP contribution in [-0.2, 0) is 22.9 Å². The maximum Gasteiger partial charge on any atom is 0.180 e. The Bertz CT molecular complexity index is 748. The van der Waals surface area contributed by atoms with Crippen molar-refractivity contribution in [1.82, 2.24) is 9.78 Å². The lowest BCUT2D eigenvalue weighted by molar-refractivity contribution is 0.576. The van der Waals surface area contributed by atoms with Gasteiger partial charge in [0, 0.05) is 12.2 Å². The summed E-state index contributed by atoms with van der Waals surface area (Å²) in [5, 5.41) is 4.37. The molecule has 0 atom stereocenters. The Labute approximate surface area is 125 Å². The van der Waals surface area contributed by atoms with Crippen molar-refractivity contribution >= 4 is 9.84 Å². The van der Waals surface area contributed by atoms with Crippen LogP contribution >= 0.6 is 0 Å². The molecule has 114 valence electrons. The van der Waals surface area contributed by atoms with Gasteiger partial charge in [-0.3, -0.25) is 4.68 Å². The second kappa shape index (κ2) is 5.99. The van der Waals surface area contributed by atoms with Crippen molar-refractivity contribution < 1.29 is 8.42 Å². The predicted molar refractivity (Wildman–Crippen MR) is 82.8 cm³/mol. The Morgan fingerprint density at radius 1 is 1.24 bits per heavy atom. The molecule has 1 heterocycles. The molecule has 6 heteroatoms. The van der Waals surface area contributed by atoms with Crippen molar-refractivity contribution in [3.8, 4) is 0 Å². The molecule has 0 fully saturated rings. The Hall–Kier alpha value is -1.66. The van der Waals surface area contributed by atoms with Crippen LogP contribution in [0.2, 0.25) is 0 Å². The third-order valence-corrected chi connectivity index (χ3v) is 5.50. The summed E-state index contributed by atoms with van der Waals surface area (Å²) >= 11 is 0. The van der Waals surface area contributed by atoms with E-state index in [4.69, 9.17) is 5.73 Å². The number of benzene rings is 1. The van der Waals surface area contributed by atoms with Crippen LogP contribution in [0.3, 0.4) is 0 Å². The lowest BCUT2D eigenvalue weighted by Gasteiger charge is -2.08. The number of aryl methyl sites for hydroxylation is 2. The van der Waals surface area contributed by atoms with Gasteiger partial charge in [-0.05, 0) is 44.0 Å². The van der Waals surface area contributed by atoms with Crippen LogP contribution in [0.5, 0.6) is 0 Å². The molecule has 2 rings (SSSR count). The van der Waals surface area contributed by atoms with Crippen molar-refractivity contribution in [2.45, 2.75) is 38.8 Å². The Kier molecular flexibility index (Phi) is 4.49. The van der Waals surface area contributed by atoms with Gasteiger partial charge in [-0.1, -0.05) is 12.1 Å². The average Bonchev–Trinajstić information content (AvgIpc) is 2.72. The number of hydrogen-bond donors (Lipinski definition) is 1. The van der Waals surface area contributed by atoms with E-state index in [9.17, 15) is 8.42 Å². The van der Waals surface area contributed by atoms with Crippen LogP contribution < -0.4 is 5.73 Å². The van der Waals surface area contributed by atoms with Crippen LogP contribution in [0.4, 0.5) is 0 Å². The van der Waals surface area contributed by atoms with Gasteiger partial charge in [0.15, 0.2) is 9.84 Å². The molecule has 0 saturated carbocycles. The summed E-state index contributed by atoms with van der Waals surface area (Å²) in [6.07, 6.45) is 0. The minimum absolute atomic E-state index is 0.0302. The van der Waals surface area contributed by atoms with Crippen molar-refractivity contribution in [3.05, 3.63) is 46.8 Å². The Morgan fingerprint density at radius 2 is 1.95 bits per heavy atom. The first-order valence-corrected chi connectivity index (χ1v) is 8.53.